The van der Waals surface area contributed by atoms with E-state index in [1.165, 1.54) is 11.3 Å². The smallest absolute Gasteiger partial charge is 0.475 e. The number of hydrogen-bond donors (Lipinski definition) is 2. The number of carboxylic acids is 2. The van der Waals surface area contributed by atoms with Gasteiger partial charge in [0.2, 0.25) is 0 Å². The maximum Gasteiger partial charge on any atom is 0.490 e. The van der Waals surface area contributed by atoms with Crippen molar-refractivity contribution in [1.82, 2.24) is 34.7 Å². The SMILES string of the molecule is Cn1cc(CN2Cc3nnn(C)c3C(COCc3cccnc3)C2)cn1.O=C(O)C(F)(F)F.O=C(O)C(F)(F)F. The van der Waals surface area contributed by atoms with Crippen LogP contribution in [-0.4, -0.2) is 82.3 Å². The van der Waals surface area contributed by atoms with E-state index in [0.29, 0.717) is 13.2 Å². The Morgan fingerprint density at radius 1 is 1.05 bits per heavy atom. The van der Waals surface area contributed by atoms with Crippen molar-refractivity contribution in [3.05, 3.63) is 59.4 Å². The molecule has 0 fully saturated rings. The summed E-state index contributed by atoms with van der Waals surface area (Å²) in [5, 5.41) is 27.1. The number of pyridine rings is 1. The predicted octanol–water partition coefficient (Wildman–Crippen LogP) is 2.53. The van der Waals surface area contributed by atoms with Crippen LogP contribution >= 0.6 is 0 Å². The normalized spacial score (nSPS) is 15.2. The van der Waals surface area contributed by atoms with E-state index in [1.807, 2.05) is 48.0 Å². The molecular weight excluding hydrogens is 556 g/mol. The Bertz CT molecular complexity index is 1220. The molecule has 4 heterocycles. The van der Waals surface area contributed by atoms with E-state index in [2.05, 4.69) is 31.5 Å². The first kappa shape index (κ1) is 32.2. The number of alkyl halides is 6. The number of nitrogens with zero attached hydrogens (tertiary/aromatic N) is 7. The summed E-state index contributed by atoms with van der Waals surface area (Å²) >= 11 is 0. The Hall–Kier alpha value is -4.06. The first-order chi connectivity index (χ1) is 18.6. The standard InChI is InChI=1S/C18H23N7O.2C2HF3O2/c1-23-8-15(7-20-23)9-25-10-16(18-17(11-25)21-22-24(18)2)13-26-12-14-4-3-5-19-6-14;2*3-2(4,5)1(6)7/h3-8,16H,9-13H2,1-2H3;2*(H,6,7). The number of aryl methyl sites for hydroxylation is 2. The van der Waals surface area contributed by atoms with E-state index in [-0.39, 0.29) is 5.92 Å². The van der Waals surface area contributed by atoms with Crippen LogP contribution in [0.2, 0.25) is 0 Å². The van der Waals surface area contributed by atoms with Crippen LogP contribution in [-0.2, 0) is 48.1 Å². The molecule has 0 saturated heterocycles. The van der Waals surface area contributed by atoms with Gasteiger partial charge in [-0.15, -0.1) is 5.10 Å². The van der Waals surface area contributed by atoms with Crippen molar-refractivity contribution in [2.24, 2.45) is 14.1 Å². The Labute approximate surface area is 222 Å². The van der Waals surface area contributed by atoms with Crippen molar-refractivity contribution in [2.75, 3.05) is 13.2 Å². The molecular formula is C22H25F6N7O5. The maximum absolute atomic E-state index is 10.6. The quantitative estimate of drug-likeness (QED) is 0.416. The third kappa shape index (κ3) is 10.3. The van der Waals surface area contributed by atoms with E-state index in [1.54, 1.807) is 6.20 Å². The molecule has 1 aliphatic heterocycles. The van der Waals surface area contributed by atoms with E-state index in [9.17, 15) is 26.3 Å². The summed E-state index contributed by atoms with van der Waals surface area (Å²) in [6.45, 7) is 3.76. The average Bonchev–Trinajstić information content (AvgIpc) is 3.44. The summed E-state index contributed by atoms with van der Waals surface area (Å²) in [6, 6.07) is 3.96. The van der Waals surface area contributed by atoms with Gasteiger partial charge in [-0.05, 0) is 11.6 Å². The van der Waals surface area contributed by atoms with Crippen LogP contribution in [0.3, 0.4) is 0 Å². The molecule has 0 aliphatic carbocycles. The van der Waals surface area contributed by atoms with Crippen LogP contribution < -0.4 is 0 Å². The van der Waals surface area contributed by atoms with E-state index in [4.69, 9.17) is 24.5 Å². The molecule has 1 atom stereocenters. The maximum atomic E-state index is 10.6. The highest BCUT2D eigenvalue weighted by Gasteiger charge is 2.39. The molecule has 0 spiro atoms. The summed E-state index contributed by atoms with van der Waals surface area (Å²) in [4.78, 5) is 24.3. The van der Waals surface area contributed by atoms with Crippen LogP contribution in [0.4, 0.5) is 26.3 Å². The molecule has 3 aromatic rings. The number of carboxylic acid groups (broad SMARTS) is 2. The van der Waals surface area contributed by atoms with Crippen molar-refractivity contribution in [2.45, 2.75) is 38.0 Å². The van der Waals surface area contributed by atoms with Crippen LogP contribution in [0.5, 0.6) is 0 Å². The number of hydrogen-bond acceptors (Lipinski definition) is 8. The molecule has 0 amide bonds. The number of fused-ring (bicyclic) bond motifs is 1. The second-order valence-electron chi connectivity index (χ2n) is 8.42. The predicted molar refractivity (Wildman–Crippen MR) is 122 cm³/mol. The fourth-order valence-corrected chi connectivity index (χ4v) is 3.56. The van der Waals surface area contributed by atoms with Crippen LogP contribution in [0, 0.1) is 0 Å². The molecule has 3 aromatic heterocycles. The van der Waals surface area contributed by atoms with Gasteiger partial charge in [-0.3, -0.25) is 19.2 Å². The number of ether oxygens (including phenoxy) is 1. The topological polar surface area (TPSA) is 148 Å². The monoisotopic (exact) mass is 581 g/mol. The van der Waals surface area contributed by atoms with Gasteiger partial charge >= 0.3 is 24.3 Å². The number of aromatic nitrogens is 6. The van der Waals surface area contributed by atoms with Gasteiger partial charge in [0, 0.05) is 63.8 Å². The first-order valence-electron chi connectivity index (χ1n) is 11.2. The average molecular weight is 581 g/mol. The Balaban J connectivity index is 0.000000333. The molecule has 0 radical (unpaired) electrons. The second-order valence-corrected chi connectivity index (χ2v) is 8.42. The first-order valence-corrected chi connectivity index (χ1v) is 11.2. The molecule has 1 aliphatic rings. The summed E-state index contributed by atoms with van der Waals surface area (Å²) < 4.78 is 73.2. The van der Waals surface area contributed by atoms with Gasteiger partial charge in [-0.1, -0.05) is 11.3 Å². The molecule has 40 heavy (non-hydrogen) atoms. The lowest BCUT2D eigenvalue weighted by Gasteiger charge is -2.31. The third-order valence-electron chi connectivity index (χ3n) is 5.14. The summed E-state index contributed by atoms with van der Waals surface area (Å²) in [7, 11) is 3.90. The fourth-order valence-electron chi connectivity index (χ4n) is 3.56. The van der Waals surface area contributed by atoms with Crippen LogP contribution in [0.1, 0.15) is 28.4 Å². The Kier molecular flexibility index (Phi) is 11.1. The lowest BCUT2D eigenvalue weighted by molar-refractivity contribution is -0.193. The van der Waals surface area contributed by atoms with E-state index >= 15 is 0 Å². The number of carbonyl (C=O) groups is 2. The highest BCUT2D eigenvalue weighted by molar-refractivity contribution is 5.73. The molecule has 1 unspecified atom stereocenters. The molecule has 0 bridgehead atoms. The van der Waals surface area contributed by atoms with Gasteiger partial charge in [-0.2, -0.15) is 31.4 Å². The second kappa shape index (κ2) is 13.8. The van der Waals surface area contributed by atoms with Gasteiger partial charge < -0.3 is 14.9 Å². The summed E-state index contributed by atoms with van der Waals surface area (Å²) in [6.07, 6.45) is -2.58. The van der Waals surface area contributed by atoms with Crippen molar-refractivity contribution in [3.8, 4) is 0 Å². The van der Waals surface area contributed by atoms with Crippen LogP contribution in [0.15, 0.2) is 36.9 Å². The van der Waals surface area contributed by atoms with Gasteiger partial charge in [0.1, 0.15) is 5.69 Å². The molecule has 2 N–H and O–H groups in total. The molecule has 0 aromatic carbocycles. The van der Waals surface area contributed by atoms with Gasteiger partial charge in [0.25, 0.3) is 0 Å². The molecule has 0 saturated carbocycles. The summed E-state index contributed by atoms with van der Waals surface area (Å²) in [5.74, 6) is -5.27. The minimum atomic E-state index is -5.08. The highest BCUT2D eigenvalue weighted by atomic mass is 19.4. The fraction of sp³-hybridized carbons (Fsp3) is 0.455. The van der Waals surface area contributed by atoms with Gasteiger partial charge in [0.15, 0.2) is 0 Å². The van der Waals surface area contributed by atoms with Crippen molar-refractivity contribution in [3.63, 3.8) is 0 Å². The molecule has 12 nitrogen and oxygen atoms in total. The molecule has 18 heteroatoms. The number of rotatable bonds is 6. The minimum absolute atomic E-state index is 0.243. The molecule has 220 valence electrons. The van der Waals surface area contributed by atoms with E-state index < -0.39 is 24.3 Å². The summed E-state index contributed by atoms with van der Waals surface area (Å²) in [5.41, 5.74) is 4.50. The third-order valence-corrected chi connectivity index (χ3v) is 5.14. The van der Waals surface area contributed by atoms with Crippen molar-refractivity contribution >= 4 is 11.9 Å². The lowest BCUT2D eigenvalue weighted by atomic mass is 9.98. The Morgan fingerprint density at radius 3 is 2.17 bits per heavy atom. The van der Waals surface area contributed by atoms with Crippen LogP contribution in [0.25, 0.3) is 0 Å². The zero-order valence-corrected chi connectivity index (χ0v) is 21.1. The van der Waals surface area contributed by atoms with Crippen molar-refractivity contribution < 1.29 is 50.9 Å². The van der Waals surface area contributed by atoms with E-state index in [0.717, 1.165) is 30.9 Å². The zero-order chi connectivity index (χ0) is 30.1. The Morgan fingerprint density at radius 2 is 1.68 bits per heavy atom. The zero-order valence-electron chi connectivity index (χ0n) is 21.1. The highest BCUT2D eigenvalue weighted by Crippen LogP contribution is 2.28. The lowest BCUT2D eigenvalue weighted by Crippen LogP contribution is -2.35. The number of aliphatic carboxylic acids is 2. The van der Waals surface area contributed by atoms with Gasteiger partial charge in [0.05, 0.1) is 25.1 Å². The minimum Gasteiger partial charge on any atom is -0.475 e. The number of halogens is 6. The molecule has 4 rings (SSSR count). The largest absolute Gasteiger partial charge is 0.490 e. The van der Waals surface area contributed by atoms with Gasteiger partial charge in [-0.25, -0.2) is 9.59 Å². The van der Waals surface area contributed by atoms with Crippen molar-refractivity contribution in [1.29, 1.82) is 0 Å².